The van der Waals surface area contributed by atoms with Crippen molar-refractivity contribution in [1.82, 2.24) is 9.97 Å². The molecule has 1 aliphatic rings. The summed E-state index contributed by atoms with van der Waals surface area (Å²) < 4.78 is 0. The third-order valence-corrected chi connectivity index (χ3v) is 5.08. The van der Waals surface area contributed by atoms with Crippen LogP contribution in [0.15, 0.2) is 17.8 Å². The molecular weight excluding hydrogens is 290 g/mol. The fourth-order valence-electron chi connectivity index (χ4n) is 2.79. The van der Waals surface area contributed by atoms with Crippen LogP contribution in [0.1, 0.15) is 48.2 Å². The summed E-state index contributed by atoms with van der Waals surface area (Å²) in [5.74, 6) is 0.899. The Bertz CT molecular complexity index is 597. The lowest BCUT2D eigenvalue weighted by Crippen LogP contribution is -2.17. The first-order valence-electron chi connectivity index (χ1n) is 7.11. The summed E-state index contributed by atoms with van der Waals surface area (Å²) in [6.07, 6.45) is 7.07. The number of halogens is 1. The minimum absolute atomic E-state index is 0.353. The van der Waals surface area contributed by atoms with E-state index in [1.54, 1.807) is 6.33 Å². The Hall–Kier alpha value is -1.13. The Morgan fingerprint density at radius 2 is 2.35 bits per heavy atom. The van der Waals surface area contributed by atoms with Crippen LogP contribution in [0, 0.1) is 0 Å². The third kappa shape index (κ3) is 2.67. The smallest absolute Gasteiger partial charge is 0.137 e. The van der Waals surface area contributed by atoms with Crippen LogP contribution in [-0.2, 0) is 12.8 Å². The van der Waals surface area contributed by atoms with Crippen LogP contribution >= 0.6 is 22.9 Å². The lowest BCUT2D eigenvalue weighted by atomic mass is 9.94. The van der Waals surface area contributed by atoms with Crippen molar-refractivity contribution in [2.24, 2.45) is 0 Å². The second kappa shape index (κ2) is 6.10. The van der Waals surface area contributed by atoms with E-state index < -0.39 is 0 Å². The van der Waals surface area contributed by atoms with E-state index in [4.69, 9.17) is 11.6 Å². The molecular formula is C15H18ClN3S. The maximum atomic E-state index is 6.22. The zero-order valence-electron chi connectivity index (χ0n) is 11.5. The van der Waals surface area contributed by atoms with E-state index in [0.717, 1.165) is 30.6 Å². The first-order chi connectivity index (χ1) is 9.79. The summed E-state index contributed by atoms with van der Waals surface area (Å²) in [7, 11) is 0. The maximum Gasteiger partial charge on any atom is 0.137 e. The molecule has 2 heterocycles. The second-order valence-electron chi connectivity index (χ2n) is 5.13. The van der Waals surface area contributed by atoms with E-state index in [9.17, 15) is 0 Å². The van der Waals surface area contributed by atoms with Crippen LogP contribution in [0.2, 0.25) is 5.15 Å². The fraction of sp³-hybridized carbons (Fsp3) is 0.467. The van der Waals surface area contributed by atoms with Crippen molar-refractivity contribution in [2.45, 2.75) is 45.1 Å². The molecule has 20 heavy (non-hydrogen) atoms. The lowest BCUT2D eigenvalue weighted by molar-refractivity contribution is 0.605. The molecule has 0 saturated carbocycles. The molecule has 2 aromatic heterocycles. The number of fused-ring (bicyclic) bond motifs is 1. The topological polar surface area (TPSA) is 37.8 Å². The van der Waals surface area contributed by atoms with E-state index in [2.05, 4.69) is 33.7 Å². The average molecular weight is 308 g/mol. The number of hydrogen-bond acceptors (Lipinski definition) is 4. The number of hydrogen-bond donors (Lipinski definition) is 1. The van der Waals surface area contributed by atoms with Gasteiger partial charge in [0, 0.05) is 10.4 Å². The highest BCUT2D eigenvalue weighted by Crippen LogP contribution is 2.36. The largest absolute Gasteiger partial charge is 0.363 e. The van der Waals surface area contributed by atoms with Gasteiger partial charge in [-0.3, -0.25) is 0 Å². The summed E-state index contributed by atoms with van der Waals surface area (Å²) in [5, 5.41) is 6.35. The average Bonchev–Trinajstić information content (AvgIpc) is 2.92. The van der Waals surface area contributed by atoms with Crippen molar-refractivity contribution in [3.63, 3.8) is 0 Å². The molecule has 5 heteroatoms. The summed E-state index contributed by atoms with van der Waals surface area (Å²) in [5.41, 5.74) is 2.47. The van der Waals surface area contributed by atoms with E-state index in [1.807, 2.05) is 11.3 Å². The molecule has 0 aliphatic heterocycles. The van der Waals surface area contributed by atoms with E-state index >= 15 is 0 Å². The normalized spacial score (nSPS) is 17.8. The molecule has 106 valence electrons. The van der Waals surface area contributed by atoms with Crippen molar-refractivity contribution in [2.75, 3.05) is 5.32 Å². The highest BCUT2D eigenvalue weighted by Gasteiger charge is 2.22. The number of thiophene rings is 1. The third-order valence-electron chi connectivity index (χ3n) is 3.76. The molecule has 1 atom stereocenters. The van der Waals surface area contributed by atoms with Gasteiger partial charge in [-0.25, -0.2) is 9.97 Å². The van der Waals surface area contributed by atoms with Crippen molar-refractivity contribution < 1.29 is 0 Å². The highest BCUT2D eigenvalue weighted by molar-refractivity contribution is 7.10. The van der Waals surface area contributed by atoms with E-state index in [0.29, 0.717) is 11.2 Å². The summed E-state index contributed by atoms with van der Waals surface area (Å²) in [6.45, 7) is 2.14. The standard InChI is InChI=1S/C15H18ClN3S/c1-2-4-11-14(16)17-9-18-15(11)19-12-5-3-6-13-10(12)7-8-20-13/h7-9,12H,2-6H2,1H3,(H,17,18,19). The minimum atomic E-state index is 0.353. The first-order valence-corrected chi connectivity index (χ1v) is 8.37. The molecule has 3 nitrogen and oxygen atoms in total. The summed E-state index contributed by atoms with van der Waals surface area (Å²) >= 11 is 8.07. The van der Waals surface area contributed by atoms with Gasteiger partial charge in [0.1, 0.15) is 17.3 Å². The van der Waals surface area contributed by atoms with Gasteiger partial charge in [0.15, 0.2) is 0 Å². The van der Waals surface area contributed by atoms with Crippen molar-refractivity contribution in [3.8, 4) is 0 Å². The van der Waals surface area contributed by atoms with Gasteiger partial charge in [-0.1, -0.05) is 24.9 Å². The Morgan fingerprint density at radius 1 is 1.45 bits per heavy atom. The predicted molar refractivity (Wildman–Crippen MR) is 84.7 cm³/mol. The fourth-order valence-corrected chi connectivity index (χ4v) is 4.00. The molecule has 0 fully saturated rings. The van der Waals surface area contributed by atoms with Crippen molar-refractivity contribution >= 4 is 28.8 Å². The van der Waals surface area contributed by atoms with Crippen LogP contribution < -0.4 is 5.32 Å². The molecule has 0 saturated heterocycles. The maximum absolute atomic E-state index is 6.22. The predicted octanol–water partition coefficient (Wildman–Crippen LogP) is 4.63. The molecule has 1 N–H and O–H groups in total. The molecule has 1 aliphatic carbocycles. The van der Waals surface area contributed by atoms with Gasteiger partial charge in [-0.15, -0.1) is 11.3 Å². The molecule has 0 aromatic carbocycles. The Morgan fingerprint density at radius 3 is 3.20 bits per heavy atom. The highest BCUT2D eigenvalue weighted by atomic mass is 35.5. The van der Waals surface area contributed by atoms with Crippen LogP contribution in [0.3, 0.4) is 0 Å². The van der Waals surface area contributed by atoms with Gasteiger partial charge >= 0.3 is 0 Å². The molecule has 0 spiro atoms. The quantitative estimate of drug-likeness (QED) is 0.837. The Kier molecular flexibility index (Phi) is 4.22. The monoisotopic (exact) mass is 307 g/mol. The minimum Gasteiger partial charge on any atom is -0.363 e. The number of aryl methyl sites for hydroxylation is 1. The van der Waals surface area contributed by atoms with Crippen LogP contribution in [0.25, 0.3) is 0 Å². The van der Waals surface area contributed by atoms with E-state index in [1.165, 1.54) is 23.3 Å². The summed E-state index contributed by atoms with van der Waals surface area (Å²) in [6, 6.07) is 2.59. The van der Waals surface area contributed by atoms with Crippen LogP contribution in [-0.4, -0.2) is 9.97 Å². The lowest BCUT2D eigenvalue weighted by Gasteiger charge is -2.25. The molecule has 0 amide bonds. The van der Waals surface area contributed by atoms with E-state index in [-0.39, 0.29) is 0 Å². The molecule has 3 rings (SSSR count). The SMILES string of the molecule is CCCc1c(Cl)ncnc1NC1CCCc2sccc21. The Labute approximate surface area is 128 Å². The number of nitrogens with zero attached hydrogens (tertiary/aromatic N) is 2. The zero-order valence-corrected chi connectivity index (χ0v) is 13.1. The first kappa shape index (κ1) is 13.8. The second-order valence-corrected chi connectivity index (χ2v) is 6.49. The Balaban J connectivity index is 1.88. The van der Waals surface area contributed by atoms with Gasteiger partial charge in [-0.05, 0) is 42.7 Å². The van der Waals surface area contributed by atoms with Gasteiger partial charge in [0.05, 0.1) is 6.04 Å². The molecule has 1 unspecified atom stereocenters. The number of aromatic nitrogens is 2. The summed E-state index contributed by atoms with van der Waals surface area (Å²) in [4.78, 5) is 10.0. The molecule has 2 aromatic rings. The van der Waals surface area contributed by atoms with Gasteiger partial charge in [0.25, 0.3) is 0 Å². The van der Waals surface area contributed by atoms with Gasteiger partial charge in [-0.2, -0.15) is 0 Å². The van der Waals surface area contributed by atoms with Gasteiger partial charge in [0.2, 0.25) is 0 Å². The molecule has 0 radical (unpaired) electrons. The van der Waals surface area contributed by atoms with Crippen LogP contribution in [0.5, 0.6) is 0 Å². The van der Waals surface area contributed by atoms with Crippen LogP contribution in [0.4, 0.5) is 5.82 Å². The van der Waals surface area contributed by atoms with Crippen molar-refractivity contribution in [1.29, 1.82) is 0 Å². The number of anilines is 1. The van der Waals surface area contributed by atoms with Crippen molar-refractivity contribution in [3.05, 3.63) is 38.9 Å². The number of nitrogens with one attached hydrogen (secondary N) is 1. The zero-order chi connectivity index (χ0) is 13.9. The van der Waals surface area contributed by atoms with Gasteiger partial charge < -0.3 is 5.32 Å². The number of rotatable bonds is 4. The molecule has 0 bridgehead atoms.